The van der Waals surface area contributed by atoms with Gasteiger partial charge in [0.2, 0.25) is 0 Å². The maximum absolute atomic E-state index is 13.3. The zero-order chi connectivity index (χ0) is 14.9. The molecule has 0 unspecified atom stereocenters. The van der Waals surface area contributed by atoms with Crippen molar-refractivity contribution in [3.63, 3.8) is 0 Å². The second-order valence-electron chi connectivity index (χ2n) is 3.92. The van der Waals surface area contributed by atoms with Crippen LogP contribution in [0.4, 0.5) is 20.2 Å². The zero-order valence-corrected chi connectivity index (χ0v) is 12.3. The number of benzene rings is 2. The fourth-order valence-electron chi connectivity index (χ4n) is 1.51. The molecule has 0 aromatic heterocycles. The molecule has 0 bridgehead atoms. The maximum atomic E-state index is 13.3. The van der Waals surface area contributed by atoms with E-state index in [0.717, 1.165) is 24.3 Å². The van der Waals surface area contributed by atoms with Crippen molar-refractivity contribution in [3.8, 4) is 0 Å². The number of anilines is 2. The van der Waals surface area contributed by atoms with Crippen LogP contribution >= 0.6 is 15.9 Å². The van der Waals surface area contributed by atoms with Crippen molar-refractivity contribution in [3.05, 3.63) is 52.5 Å². The molecule has 4 nitrogen and oxygen atoms in total. The lowest BCUT2D eigenvalue weighted by atomic mass is 10.3. The number of hydrogen-bond acceptors (Lipinski definition) is 3. The fourth-order valence-corrected chi connectivity index (χ4v) is 2.95. The Kier molecular flexibility index (Phi) is 3.96. The van der Waals surface area contributed by atoms with Crippen LogP contribution in [0.5, 0.6) is 0 Å². The van der Waals surface area contributed by atoms with E-state index in [1.54, 1.807) is 0 Å². The molecule has 0 saturated carbocycles. The molecule has 20 heavy (non-hydrogen) atoms. The zero-order valence-electron chi connectivity index (χ0n) is 9.90. The monoisotopic (exact) mass is 362 g/mol. The topological polar surface area (TPSA) is 72.2 Å². The summed E-state index contributed by atoms with van der Waals surface area (Å²) in [5.41, 5.74) is 5.42. The molecule has 2 rings (SSSR count). The van der Waals surface area contributed by atoms with Gasteiger partial charge in [0, 0.05) is 0 Å². The largest absolute Gasteiger partial charge is 0.398 e. The molecule has 2 aromatic rings. The van der Waals surface area contributed by atoms with Gasteiger partial charge in [-0.1, -0.05) is 0 Å². The quantitative estimate of drug-likeness (QED) is 0.824. The lowest BCUT2D eigenvalue weighted by Crippen LogP contribution is -2.15. The summed E-state index contributed by atoms with van der Waals surface area (Å²) in [6, 6.07) is 6.70. The van der Waals surface area contributed by atoms with E-state index in [-0.39, 0.29) is 15.8 Å². The van der Waals surface area contributed by atoms with Gasteiger partial charge in [-0.15, -0.1) is 0 Å². The van der Waals surface area contributed by atoms with Crippen LogP contribution in [0, 0.1) is 11.6 Å². The average molecular weight is 363 g/mol. The summed E-state index contributed by atoms with van der Waals surface area (Å²) < 4.78 is 52.9. The summed E-state index contributed by atoms with van der Waals surface area (Å²) in [5.74, 6) is -1.36. The van der Waals surface area contributed by atoms with E-state index < -0.39 is 26.6 Å². The van der Waals surface area contributed by atoms with E-state index in [2.05, 4.69) is 20.7 Å². The van der Waals surface area contributed by atoms with Crippen molar-refractivity contribution in [2.45, 2.75) is 4.90 Å². The second kappa shape index (κ2) is 5.37. The first-order chi connectivity index (χ1) is 9.29. The molecular formula is C12H9BrF2N2O2S. The number of nitrogen functional groups attached to an aromatic ring is 1. The van der Waals surface area contributed by atoms with E-state index >= 15 is 0 Å². The van der Waals surface area contributed by atoms with Crippen LogP contribution < -0.4 is 10.5 Å². The smallest absolute Gasteiger partial charge is 0.264 e. The normalized spacial score (nSPS) is 11.3. The molecular weight excluding hydrogens is 354 g/mol. The highest BCUT2D eigenvalue weighted by atomic mass is 79.9. The minimum atomic E-state index is -4.09. The molecule has 0 atom stereocenters. The van der Waals surface area contributed by atoms with Gasteiger partial charge in [0.25, 0.3) is 10.0 Å². The molecule has 0 radical (unpaired) electrons. The Morgan fingerprint density at radius 1 is 1.10 bits per heavy atom. The van der Waals surface area contributed by atoms with Crippen LogP contribution in [0.3, 0.4) is 0 Å². The highest BCUT2D eigenvalue weighted by Gasteiger charge is 2.19. The highest BCUT2D eigenvalue weighted by Crippen LogP contribution is 2.24. The molecule has 0 spiro atoms. The summed E-state index contributed by atoms with van der Waals surface area (Å²) in [7, 11) is -4.09. The Balaban J connectivity index is 2.40. The third kappa shape index (κ3) is 3.07. The van der Waals surface area contributed by atoms with E-state index in [1.165, 1.54) is 12.1 Å². The van der Waals surface area contributed by atoms with Crippen molar-refractivity contribution >= 4 is 37.3 Å². The van der Waals surface area contributed by atoms with Gasteiger partial charge in [-0.2, -0.15) is 0 Å². The number of sulfonamides is 1. The molecule has 0 amide bonds. The molecule has 0 saturated heterocycles. The van der Waals surface area contributed by atoms with Crippen molar-refractivity contribution in [1.29, 1.82) is 0 Å². The molecule has 0 aliphatic rings. The van der Waals surface area contributed by atoms with Crippen LogP contribution in [0.25, 0.3) is 0 Å². The summed E-state index contributed by atoms with van der Waals surface area (Å²) >= 11 is 2.95. The number of rotatable bonds is 3. The van der Waals surface area contributed by atoms with Gasteiger partial charge in [-0.3, -0.25) is 4.72 Å². The standard InChI is InChI=1S/C12H9BrF2N2O2S/c13-9-3-2-8(6-10(9)15)17-20(18,19)12-5-7(14)1-4-11(12)16/h1-6,17H,16H2. The highest BCUT2D eigenvalue weighted by molar-refractivity contribution is 9.10. The van der Waals surface area contributed by atoms with Crippen molar-refractivity contribution in [1.82, 2.24) is 0 Å². The SMILES string of the molecule is Nc1ccc(F)cc1S(=O)(=O)Nc1ccc(Br)c(F)c1. The van der Waals surface area contributed by atoms with E-state index in [0.29, 0.717) is 0 Å². The van der Waals surface area contributed by atoms with Gasteiger partial charge in [0.05, 0.1) is 15.8 Å². The van der Waals surface area contributed by atoms with Crippen LogP contribution in [0.1, 0.15) is 0 Å². The Labute approximate surface area is 122 Å². The number of hydrogen-bond donors (Lipinski definition) is 2. The molecule has 0 fully saturated rings. The van der Waals surface area contributed by atoms with Crippen LogP contribution in [0.2, 0.25) is 0 Å². The van der Waals surface area contributed by atoms with Crippen molar-refractivity contribution < 1.29 is 17.2 Å². The molecule has 0 aliphatic carbocycles. The first kappa shape index (κ1) is 14.7. The lowest BCUT2D eigenvalue weighted by molar-refractivity contribution is 0.595. The minimum Gasteiger partial charge on any atom is -0.398 e. The van der Waals surface area contributed by atoms with Crippen LogP contribution in [-0.2, 0) is 10.0 Å². The van der Waals surface area contributed by atoms with E-state index in [4.69, 9.17) is 5.73 Å². The molecule has 106 valence electrons. The minimum absolute atomic E-state index is 0.00867. The number of nitrogens with two attached hydrogens (primary N) is 1. The van der Waals surface area contributed by atoms with E-state index in [9.17, 15) is 17.2 Å². The first-order valence-electron chi connectivity index (χ1n) is 5.32. The van der Waals surface area contributed by atoms with Crippen LogP contribution in [0.15, 0.2) is 45.8 Å². The summed E-state index contributed by atoms with van der Waals surface area (Å²) in [6.45, 7) is 0. The summed E-state index contributed by atoms with van der Waals surface area (Å²) in [5, 5.41) is 0. The molecule has 0 aliphatic heterocycles. The van der Waals surface area contributed by atoms with Gasteiger partial charge < -0.3 is 5.73 Å². The molecule has 2 aromatic carbocycles. The Morgan fingerprint density at radius 2 is 1.80 bits per heavy atom. The van der Waals surface area contributed by atoms with Gasteiger partial charge in [0.1, 0.15) is 16.5 Å². The van der Waals surface area contributed by atoms with Crippen molar-refractivity contribution in [2.75, 3.05) is 10.5 Å². The third-order valence-corrected chi connectivity index (χ3v) is 4.52. The summed E-state index contributed by atoms with van der Waals surface area (Å²) in [6.07, 6.45) is 0. The Morgan fingerprint density at radius 3 is 2.45 bits per heavy atom. The van der Waals surface area contributed by atoms with Gasteiger partial charge in [0.15, 0.2) is 0 Å². The first-order valence-corrected chi connectivity index (χ1v) is 7.60. The number of nitrogens with one attached hydrogen (secondary N) is 1. The van der Waals surface area contributed by atoms with Crippen LogP contribution in [-0.4, -0.2) is 8.42 Å². The Bertz CT molecular complexity index is 766. The van der Waals surface area contributed by atoms with E-state index in [1.807, 2.05) is 0 Å². The molecule has 3 N–H and O–H groups in total. The van der Waals surface area contributed by atoms with Crippen molar-refractivity contribution in [2.24, 2.45) is 0 Å². The second-order valence-corrected chi connectivity index (χ2v) is 6.42. The number of halogens is 3. The Hall–Kier alpha value is -1.67. The maximum Gasteiger partial charge on any atom is 0.264 e. The molecule has 8 heteroatoms. The predicted molar refractivity (Wildman–Crippen MR) is 75.7 cm³/mol. The van der Waals surface area contributed by atoms with Gasteiger partial charge in [-0.25, -0.2) is 17.2 Å². The molecule has 0 heterocycles. The average Bonchev–Trinajstić information content (AvgIpc) is 2.36. The van der Waals surface area contributed by atoms with Gasteiger partial charge in [-0.05, 0) is 52.3 Å². The predicted octanol–water partition coefficient (Wildman–Crippen LogP) is 3.11. The third-order valence-electron chi connectivity index (χ3n) is 2.44. The summed E-state index contributed by atoms with van der Waals surface area (Å²) in [4.78, 5) is -0.402. The lowest BCUT2D eigenvalue weighted by Gasteiger charge is -2.10. The van der Waals surface area contributed by atoms with Gasteiger partial charge >= 0.3 is 0 Å². The fraction of sp³-hybridized carbons (Fsp3) is 0.